The molecule has 0 N–H and O–H groups in total. The highest BCUT2D eigenvalue weighted by atomic mass is 32.1. The molecule has 0 amide bonds. The minimum absolute atomic E-state index is 0.0153. The van der Waals surface area contributed by atoms with Gasteiger partial charge in [0.1, 0.15) is 0 Å². The van der Waals surface area contributed by atoms with E-state index in [1.54, 1.807) is 0 Å². The van der Waals surface area contributed by atoms with Gasteiger partial charge in [0.05, 0.1) is 17.1 Å². The van der Waals surface area contributed by atoms with Gasteiger partial charge in [-0.05, 0) is 89.8 Å². The summed E-state index contributed by atoms with van der Waals surface area (Å²) < 4.78 is 38.2. The van der Waals surface area contributed by atoms with Crippen molar-refractivity contribution >= 4 is 78.0 Å². The van der Waals surface area contributed by atoms with Crippen molar-refractivity contribution in [2.45, 2.75) is 40.0 Å². The zero-order chi connectivity index (χ0) is 34.3. The number of thiophene rings is 1. The van der Waals surface area contributed by atoms with Crippen LogP contribution in [-0.4, -0.2) is 27.1 Å². The topological polar surface area (TPSA) is 61.9 Å². The van der Waals surface area contributed by atoms with Crippen molar-refractivity contribution in [3.63, 3.8) is 0 Å². The molecule has 5 aliphatic rings. The maximum Gasteiger partial charge on any atom is 0.264 e. The predicted molar refractivity (Wildman–Crippen MR) is 202 cm³/mol. The van der Waals surface area contributed by atoms with Crippen LogP contribution in [0.1, 0.15) is 37.5 Å². The molecule has 6 heterocycles. The zero-order valence-corrected chi connectivity index (χ0v) is 29.7. The molecule has 0 bridgehead atoms. The second kappa shape index (κ2) is 10.1. The Kier molecular flexibility index (Phi) is 5.78. The number of hydrogen-bond donors (Lipinski definition) is 0. The monoisotopic (exact) mass is 692 g/mol. The summed E-state index contributed by atoms with van der Waals surface area (Å²) >= 11 is 1.88. The highest BCUT2D eigenvalue weighted by Gasteiger charge is 2.47. The van der Waals surface area contributed by atoms with E-state index in [4.69, 9.17) is 28.4 Å². The highest BCUT2D eigenvalue weighted by molar-refractivity contribution is 7.33. The molecule has 6 aromatic rings. The van der Waals surface area contributed by atoms with Crippen molar-refractivity contribution in [1.82, 2.24) is 0 Å². The summed E-state index contributed by atoms with van der Waals surface area (Å²) in [5.74, 6) is 4.59. The summed E-state index contributed by atoms with van der Waals surface area (Å²) in [6.07, 6.45) is 0. The van der Waals surface area contributed by atoms with Crippen LogP contribution in [0.5, 0.6) is 34.5 Å². The summed E-state index contributed by atoms with van der Waals surface area (Å²) in [5, 5.41) is 1.25. The molecular weight excluding hydrogens is 659 g/mol. The van der Waals surface area contributed by atoms with Crippen molar-refractivity contribution in [2.24, 2.45) is 0 Å². The first-order valence-corrected chi connectivity index (χ1v) is 18.1. The van der Waals surface area contributed by atoms with E-state index in [1.165, 1.54) is 37.0 Å². The van der Waals surface area contributed by atoms with Crippen LogP contribution in [0.15, 0.2) is 72.8 Å². The van der Waals surface area contributed by atoms with E-state index < -0.39 is 0 Å². The molecular formula is C41H33BN2O6S. The number of benzene rings is 5. The number of anilines is 6. The summed E-state index contributed by atoms with van der Waals surface area (Å²) in [6.45, 7) is 11.8. The average Bonchev–Trinajstić information content (AvgIpc) is 3.93. The van der Waals surface area contributed by atoms with Crippen molar-refractivity contribution in [2.75, 3.05) is 30.2 Å². The Hall–Kier alpha value is -5.48. The molecule has 252 valence electrons. The Morgan fingerprint density at radius 2 is 1.35 bits per heavy atom. The second-order valence-corrected chi connectivity index (χ2v) is 15.9. The first kappa shape index (κ1) is 29.3. The van der Waals surface area contributed by atoms with Gasteiger partial charge in [0.15, 0.2) is 34.5 Å². The Bertz CT molecular complexity index is 2520. The van der Waals surface area contributed by atoms with Gasteiger partial charge in [-0.25, -0.2) is 0 Å². The van der Waals surface area contributed by atoms with Gasteiger partial charge in [-0.15, -0.1) is 11.3 Å². The van der Waals surface area contributed by atoms with Crippen LogP contribution >= 0.6 is 11.3 Å². The normalized spacial score (nSPS) is 15.7. The number of nitrogens with zero attached hydrogens (tertiary/aromatic N) is 2. The molecule has 0 fully saturated rings. The largest absolute Gasteiger partial charge is 0.454 e. The van der Waals surface area contributed by atoms with Gasteiger partial charge in [0.2, 0.25) is 20.4 Å². The molecule has 0 aliphatic carbocycles. The van der Waals surface area contributed by atoms with E-state index in [0.717, 1.165) is 74.1 Å². The Morgan fingerprint density at radius 3 is 2.16 bits per heavy atom. The average molecular weight is 693 g/mol. The Morgan fingerprint density at radius 1 is 0.647 bits per heavy atom. The summed E-state index contributed by atoms with van der Waals surface area (Å²) in [6, 6.07) is 26.3. The van der Waals surface area contributed by atoms with Crippen LogP contribution in [-0.2, 0) is 5.41 Å². The number of rotatable bonds is 2. The van der Waals surface area contributed by atoms with Crippen LogP contribution < -0.4 is 53.9 Å². The third-order valence-electron chi connectivity index (χ3n) is 10.8. The SMILES string of the molecule is Cc1cc2c(c(C)c1N1c3cccc4c3B(c3cc5c(cc3N4c3ccc4c(c3)OCO4)OCO5)c3sc4ccc(C(C)(C)C)cc4c31)OCO2. The van der Waals surface area contributed by atoms with Crippen LogP contribution in [0.25, 0.3) is 10.1 Å². The fourth-order valence-electron chi connectivity index (χ4n) is 8.51. The first-order valence-electron chi connectivity index (χ1n) is 17.3. The molecule has 1 aromatic heterocycles. The van der Waals surface area contributed by atoms with Crippen molar-refractivity contribution < 1.29 is 28.4 Å². The number of fused-ring (bicyclic) bond motifs is 9. The first-order chi connectivity index (χ1) is 24.7. The van der Waals surface area contributed by atoms with E-state index >= 15 is 0 Å². The van der Waals surface area contributed by atoms with Gasteiger partial charge in [0.25, 0.3) is 6.71 Å². The lowest BCUT2D eigenvalue weighted by atomic mass is 9.36. The number of ether oxygens (including phenoxy) is 6. The van der Waals surface area contributed by atoms with Crippen LogP contribution in [0, 0.1) is 13.8 Å². The highest BCUT2D eigenvalue weighted by Crippen LogP contribution is 2.53. The second-order valence-electron chi connectivity index (χ2n) is 14.8. The quantitative estimate of drug-likeness (QED) is 0.169. The smallest absolute Gasteiger partial charge is 0.264 e. The van der Waals surface area contributed by atoms with Gasteiger partial charge in [-0.1, -0.05) is 32.9 Å². The van der Waals surface area contributed by atoms with Crippen LogP contribution in [0.4, 0.5) is 34.1 Å². The predicted octanol–water partition coefficient (Wildman–Crippen LogP) is 8.08. The van der Waals surface area contributed by atoms with Gasteiger partial charge in [-0.2, -0.15) is 0 Å². The summed E-state index contributed by atoms with van der Waals surface area (Å²) in [7, 11) is 0. The molecule has 0 saturated heterocycles. The van der Waals surface area contributed by atoms with E-state index in [0.29, 0.717) is 0 Å². The van der Waals surface area contributed by atoms with Gasteiger partial charge >= 0.3 is 0 Å². The molecule has 8 nitrogen and oxygen atoms in total. The molecule has 0 atom stereocenters. The summed E-state index contributed by atoms with van der Waals surface area (Å²) in [5.41, 5.74) is 12.4. The van der Waals surface area contributed by atoms with E-state index in [1.807, 2.05) is 17.4 Å². The van der Waals surface area contributed by atoms with E-state index in [-0.39, 0.29) is 32.5 Å². The fraction of sp³-hybridized carbons (Fsp3) is 0.220. The Labute approximate surface area is 299 Å². The molecule has 5 aromatic carbocycles. The third-order valence-corrected chi connectivity index (χ3v) is 12.1. The zero-order valence-electron chi connectivity index (χ0n) is 28.9. The maximum atomic E-state index is 6.10. The molecule has 11 rings (SSSR count). The van der Waals surface area contributed by atoms with Crippen molar-refractivity contribution in [1.29, 1.82) is 0 Å². The maximum absolute atomic E-state index is 6.10. The number of aryl methyl sites for hydroxylation is 1. The molecule has 51 heavy (non-hydrogen) atoms. The molecule has 0 radical (unpaired) electrons. The molecule has 10 heteroatoms. The summed E-state index contributed by atoms with van der Waals surface area (Å²) in [4.78, 5) is 4.83. The molecule has 0 saturated carbocycles. The third kappa shape index (κ3) is 3.96. The van der Waals surface area contributed by atoms with Gasteiger partial charge < -0.3 is 38.2 Å². The lowest BCUT2D eigenvalue weighted by Crippen LogP contribution is -2.60. The minimum Gasteiger partial charge on any atom is -0.454 e. The van der Waals surface area contributed by atoms with Crippen LogP contribution in [0.2, 0.25) is 0 Å². The van der Waals surface area contributed by atoms with Gasteiger partial charge in [-0.3, -0.25) is 0 Å². The molecule has 5 aliphatic heterocycles. The van der Waals surface area contributed by atoms with E-state index in [9.17, 15) is 0 Å². The molecule has 0 unspecified atom stereocenters. The lowest BCUT2D eigenvalue weighted by molar-refractivity contribution is 0.173. The van der Waals surface area contributed by atoms with E-state index in [2.05, 4.69) is 111 Å². The van der Waals surface area contributed by atoms with Crippen molar-refractivity contribution in [3.8, 4) is 34.5 Å². The number of hydrogen-bond acceptors (Lipinski definition) is 9. The minimum atomic E-state index is -0.0534. The standard InChI is InChI=1S/C41H33BN2O6S/c1-21-13-34-39(50-20-49-34)22(2)37(21)44-28-8-6-7-27-36(28)42(40-38(44)25-14-23(41(3,4)5)9-12-35(25)51-40)26-16-32-33(48-19-47-32)17-29(26)43(27)24-10-11-30-31(15-24)46-18-45-30/h6-17H,18-20H2,1-5H3. The van der Waals surface area contributed by atoms with Gasteiger partial charge in [0, 0.05) is 49.6 Å². The molecule has 0 spiro atoms. The fourth-order valence-corrected chi connectivity index (χ4v) is 9.81. The van der Waals surface area contributed by atoms with Crippen molar-refractivity contribution in [3.05, 3.63) is 89.5 Å². The Balaban J connectivity index is 1.25. The lowest BCUT2D eigenvalue weighted by Gasteiger charge is -2.43. The van der Waals surface area contributed by atoms with Crippen LogP contribution in [0.3, 0.4) is 0 Å².